The van der Waals surface area contributed by atoms with Crippen LogP contribution in [0.4, 0.5) is 5.69 Å². The van der Waals surface area contributed by atoms with E-state index in [1.54, 1.807) is 0 Å². The van der Waals surface area contributed by atoms with E-state index in [9.17, 15) is 0 Å². The van der Waals surface area contributed by atoms with Crippen LogP contribution in [0.25, 0.3) is 0 Å². The zero-order valence-corrected chi connectivity index (χ0v) is 17.5. The number of rotatable bonds is 5. The average molecular weight is 445 g/mol. The highest BCUT2D eigenvalue weighted by atomic mass is 127. The van der Waals surface area contributed by atoms with Crippen molar-refractivity contribution in [2.24, 2.45) is 10.7 Å². The number of aryl methyl sites for hydroxylation is 2. The molecule has 0 atom stereocenters. The van der Waals surface area contributed by atoms with E-state index in [0.29, 0.717) is 5.96 Å². The molecule has 1 aromatic carbocycles. The van der Waals surface area contributed by atoms with E-state index < -0.39 is 0 Å². The van der Waals surface area contributed by atoms with Gasteiger partial charge in [0.15, 0.2) is 5.96 Å². The van der Waals surface area contributed by atoms with E-state index in [1.807, 2.05) is 6.07 Å². The molecule has 5 nitrogen and oxygen atoms in total. The van der Waals surface area contributed by atoms with Gasteiger partial charge in [0, 0.05) is 25.3 Å². The Morgan fingerprint density at radius 1 is 1.17 bits per heavy atom. The van der Waals surface area contributed by atoms with Gasteiger partial charge in [-0.25, -0.2) is 0 Å². The predicted molar refractivity (Wildman–Crippen MR) is 115 cm³/mol. The number of benzene rings is 1. The first kappa shape index (κ1) is 21.2. The third-order valence-electron chi connectivity index (χ3n) is 4.51. The number of hydrogen-bond acceptors (Lipinski definition) is 3. The van der Waals surface area contributed by atoms with Crippen LogP contribution in [0, 0.1) is 13.8 Å². The van der Waals surface area contributed by atoms with Crippen molar-refractivity contribution in [1.29, 1.82) is 0 Å². The number of nitrogens with two attached hydrogens (primary N) is 1. The summed E-state index contributed by atoms with van der Waals surface area (Å²) in [6.45, 7) is 10.8. The summed E-state index contributed by atoms with van der Waals surface area (Å²) in [6, 6.07) is 6.24. The van der Waals surface area contributed by atoms with Gasteiger partial charge in [-0.2, -0.15) is 0 Å². The maximum atomic E-state index is 5.97. The first-order valence-corrected chi connectivity index (χ1v) is 8.59. The summed E-state index contributed by atoms with van der Waals surface area (Å²) >= 11 is 0. The lowest BCUT2D eigenvalue weighted by atomic mass is 10.1. The van der Waals surface area contributed by atoms with Gasteiger partial charge >= 0.3 is 0 Å². The summed E-state index contributed by atoms with van der Waals surface area (Å²) in [6.07, 6.45) is 2.31. The maximum absolute atomic E-state index is 5.97. The van der Waals surface area contributed by atoms with E-state index in [0.717, 1.165) is 31.7 Å². The molecule has 0 saturated carbocycles. The molecule has 0 spiro atoms. The Hall–Kier alpha value is -0.860. The number of nitrogens with zero attached hydrogens (tertiary/aromatic N) is 3. The fourth-order valence-electron chi connectivity index (χ4n) is 2.82. The Morgan fingerprint density at radius 3 is 2.71 bits per heavy atom. The summed E-state index contributed by atoms with van der Waals surface area (Å²) in [5.41, 5.74) is 9.52. The van der Waals surface area contributed by atoms with Gasteiger partial charge in [0.1, 0.15) is 0 Å². The number of guanidine groups is 1. The van der Waals surface area contributed by atoms with Crippen LogP contribution in [-0.2, 0) is 0 Å². The van der Waals surface area contributed by atoms with Gasteiger partial charge in [0.25, 0.3) is 0 Å². The van der Waals surface area contributed by atoms with Gasteiger partial charge in [-0.05, 0) is 76.6 Å². The van der Waals surface area contributed by atoms with E-state index in [1.165, 1.54) is 37.2 Å². The molecule has 0 unspecified atom stereocenters. The molecule has 2 rings (SSSR count). The van der Waals surface area contributed by atoms with Gasteiger partial charge < -0.3 is 20.9 Å². The van der Waals surface area contributed by atoms with Gasteiger partial charge in [0.05, 0.1) is 0 Å². The van der Waals surface area contributed by atoms with Gasteiger partial charge in [-0.1, -0.05) is 6.07 Å². The summed E-state index contributed by atoms with van der Waals surface area (Å²) in [5.74, 6) is 0.504. The molecular formula is C18H32IN5. The molecule has 1 aliphatic heterocycles. The number of aliphatic imine (C=N–C) groups is 1. The molecule has 1 aliphatic rings. The van der Waals surface area contributed by atoms with Crippen molar-refractivity contribution in [3.8, 4) is 0 Å². The SMILES string of the molecule is Cc1ccc(NC(N)=NCCCN2CCCN(C)CC2)cc1C.I. The number of anilines is 1. The quantitative estimate of drug-likeness (QED) is 0.317. The first-order valence-electron chi connectivity index (χ1n) is 8.59. The molecule has 1 heterocycles. The van der Waals surface area contributed by atoms with Gasteiger partial charge in [0.2, 0.25) is 0 Å². The van der Waals surface area contributed by atoms with E-state index >= 15 is 0 Å². The molecule has 0 amide bonds. The Balaban J connectivity index is 0.00000288. The summed E-state index contributed by atoms with van der Waals surface area (Å²) in [5, 5.41) is 3.17. The third-order valence-corrected chi connectivity index (χ3v) is 4.51. The minimum absolute atomic E-state index is 0. The minimum Gasteiger partial charge on any atom is -0.370 e. The molecular weight excluding hydrogens is 413 g/mol. The maximum Gasteiger partial charge on any atom is 0.193 e. The van der Waals surface area contributed by atoms with Crippen LogP contribution < -0.4 is 11.1 Å². The summed E-state index contributed by atoms with van der Waals surface area (Å²) in [7, 11) is 2.20. The van der Waals surface area contributed by atoms with Crippen molar-refractivity contribution in [1.82, 2.24) is 9.80 Å². The number of hydrogen-bond donors (Lipinski definition) is 2. The van der Waals surface area contributed by atoms with Crippen molar-refractivity contribution >= 4 is 35.6 Å². The Kier molecular flexibility index (Phi) is 9.61. The van der Waals surface area contributed by atoms with Gasteiger partial charge in [-0.3, -0.25) is 4.99 Å². The van der Waals surface area contributed by atoms with Gasteiger partial charge in [-0.15, -0.1) is 24.0 Å². The largest absolute Gasteiger partial charge is 0.370 e. The van der Waals surface area contributed by atoms with Crippen LogP contribution in [0.2, 0.25) is 0 Å². The van der Waals surface area contributed by atoms with E-state index in [2.05, 4.69) is 53.1 Å². The monoisotopic (exact) mass is 445 g/mol. The number of halogens is 1. The van der Waals surface area contributed by atoms with Crippen LogP contribution in [-0.4, -0.2) is 62.1 Å². The van der Waals surface area contributed by atoms with Crippen molar-refractivity contribution in [3.05, 3.63) is 29.3 Å². The Labute approximate surface area is 163 Å². The fourth-order valence-corrected chi connectivity index (χ4v) is 2.82. The first-order chi connectivity index (χ1) is 11.0. The predicted octanol–water partition coefficient (Wildman–Crippen LogP) is 2.68. The third kappa shape index (κ3) is 7.36. The molecule has 3 N–H and O–H groups in total. The second-order valence-corrected chi connectivity index (χ2v) is 6.54. The van der Waals surface area contributed by atoms with Crippen LogP contribution in [0.1, 0.15) is 24.0 Å². The van der Waals surface area contributed by atoms with Crippen molar-refractivity contribution in [3.63, 3.8) is 0 Å². The lowest BCUT2D eigenvalue weighted by Gasteiger charge is -2.19. The smallest absolute Gasteiger partial charge is 0.193 e. The molecule has 1 aromatic rings. The normalized spacial score (nSPS) is 17.2. The Morgan fingerprint density at radius 2 is 1.96 bits per heavy atom. The highest BCUT2D eigenvalue weighted by Crippen LogP contribution is 2.13. The highest BCUT2D eigenvalue weighted by molar-refractivity contribution is 14.0. The molecule has 0 bridgehead atoms. The molecule has 0 aromatic heterocycles. The summed E-state index contributed by atoms with van der Waals surface area (Å²) < 4.78 is 0. The van der Waals surface area contributed by atoms with Crippen molar-refractivity contribution in [2.45, 2.75) is 26.7 Å². The van der Waals surface area contributed by atoms with Crippen molar-refractivity contribution < 1.29 is 0 Å². The molecule has 1 fully saturated rings. The van der Waals surface area contributed by atoms with Crippen LogP contribution in [0.5, 0.6) is 0 Å². The molecule has 24 heavy (non-hydrogen) atoms. The topological polar surface area (TPSA) is 56.9 Å². The highest BCUT2D eigenvalue weighted by Gasteiger charge is 2.10. The molecule has 0 aliphatic carbocycles. The number of likely N-dealkylation sites (N-methyl/N-ethyl adjacent to an activating group) is 1. The molecule has 1 saturated heterocycles. The Bertz CT molecular complexity index is 532. The lowest BCUT2D eigenvalue weighted by Crippen LogP contribution is -2.30. The standard InChI is InChI=1S/C18H31N5.HI/c1-15-6-7-17(14-16(15)2)21-18(19)20-8-4-10-23-11-5-9-22(3)12-13-23;/h6-7,14H,4-5,8-13H2,1-3H3,(H3,19,20,21);1H. The molecule has 0 radical (unpaired) electrons. The number of nitrogens with one attached hydrogen (secondary N) is 1. The lowest BCUT2D eigenvalue weighted by molar-refractivity contribution is 0.275. The minimum atomic E-state index is 0. The zero-order chi connectivity index (χ0) is 16.7. The zero-order valence-electron chi connectivity index (χ0n) is 15.2. The second-order valence-electron chi connectivity index (χ2n) is 6.54. The second kappa shape index (κ2) is 10.9. The van der Waals surface area contributed by atoms with Crippen LogP contribution >= 0.6 is 24.0 Å². The van der Waals surface area contributed by atoms with E-state index in [-0.39, 0.29) is 24.0 Å². The summed E-state index contributed by atoms with van der Waals surface area (Å²) in [4.78, 5) is 9.38. The van der Waals surface area contributed by atoms with Crippen molar-refractivity contribution in [2.75, 3.05) is 51.6 Å². The van der Waals surface area contributed by atoms with Crippen LogP contribution in [0.3, 0.4) is 0 Å². The van der Waals surface area contributed by atoms with Crippen LogP contribution in [0.15, 0.2) is 23.2 Å². The fraction of sp³-hybridized carbons (Fsp3) is 0.611. The molecule has 6 heteroatoms. The van der Waals surface area contributed by atoms with E-state index in [4.69, 9.17) is 5.73 Å². The average Bonchev–Trinajstić information content (AvgIpc) is 2.72. The molecule has 136 valence electrons.